The van der Waals surface area contributed by atoms with Crippen molar-refractivity contribution >= 4 is 23.5 Å². The fourth-order valence-electron chi connectivity index (χ4n) is 2.92. The number of rotatable bonds is 5. The van der Waals surface area contributed by atoms with Crippen LogP contribution in [0.25, 0.3) is 11.1 Å². The molecular formula is C23H19NO5. The summed E-state index contributed by atoms with van der Waals surface area (Å²) in [5.41, 5.74) is 2.66. The quantitative estimate of drug-likeness (QED) is 0.662. The van der Waals surface area contributed by atoms with Crippen LogP contribution in [-0.2, 0) is 9.47 Å². The van der Waals surface area contributed by atoms with E-state index in [0.717, 1.165) is 11.1 Å². The van der Waals surface area contributed by atoms with E-state index < -0.39 is 11.9 Å². The molecule has 3 rings (SSSR count). The van der Waals surface area contributed by atoms with Crippen molar-refractivity contribution in [1.29, 1.82) is 0 Å². The molecule has 0 aliphatic heterocycles. The van der Waals surface area contributed by atoms with Gasteiger partial charge in [0.05, 0.1) is 25.3 Å². The van der Waals surface area contributed by atoms with E-state index in [2.05, 4.69) is 5.32 Å². The Morgan fingerprint density at radius 2 is 1.28 bits per heavy atom. The zero-order valence-corrected chi connectivity index (χ0v) is 16.0. The highest BCUT2D eigenvalue weighted by Gasteiger charge is 2.17. The van der Waals surface area contributed by atoms with Crippen LogP contribution in [0.3, 0.4) is 0 Å². The van der Waals surface area contributed by atoms with Crippen molar-refractivity contribution in [1.82, 2.24) is 0 Å². The first kappa shape index (κ1) is 19.8. The van der Waals surface area contributed by atoms with Crippen molar-refractivity contribution in [2.45, 2.75) is 0 Å². The van der Waals surface area contributed by atoms with Crippen molar-refractivity contribution in [2.75, 3.05) is 19.5 Å². The SMILES string of the molecule is COC(=O)c1cc(NC(=O)c2ccccc2-c2ccccc2)cc(C(=O)OC)c1. The number of carbonyl (C=O) groups excluding carboxylic acids is 3. The number of nitrogens with one attached hydrogen (secondary N) is 1. The highest BCUT2D eigenvalue weighted by atomic mass is 16.5. The van der Waals surface area contributed by atoms with Crippen LogP contribution in [0.5, 0.6) is 0 Å². The molecule has 3 aromatic rings. The second kappa shape index (κ2) is 8.84. The highest BCUT2D eigenvalue weighted by molar-refractivity contribution is 6.09. The van der Waals surface area contributed by atoms with Gasteiger partial charge in [0.2, 0.25) is 0 Å². The van der Waals surface area contributed by atoms with E-state index in [1.165, 1.54) is 32.4 Å². The van der Waals surface area contributed by atoms with Gasteiger partial charge in [0.1, 0.15) is 0 Å². The van der Waals surface area contributed by atoms with Crippen LogP contribution in [0.15, 0.2) is 72.8 Å². The minimum absolute atomic E-state index is 0.127. The van der Waals surface area contributed by atoms with Crippen molar-refractivity contribution in [2.24, 2.45) is 0 Å². The summed E-state index contributed by atoms with van der Waals surface area (Å²) in [5, 5.41) is 2.75. The number of methoxy groups -OCH3 is 2. The molecule has 6 nitrogen and oxygen atoms in total. The predicted octanol–water partition coefficient (Wildman–Crippen LogP) is 4.18. The Labute approximate surface area is 168 Å². The molecule has 1 N–H and O–H groups in total. The molecule has 0 bridgehead atoms. The molecule has 0 unspecified atom stereocenters. The van der Waals surface area contributed by atoms with E-state index >= 15 is 0 Å². The average molecular weight is 389 g/mol. The van der Waals surface area contributed by atoms with Crippen molar-refractivity contribution in [3.8, 4) is 11.1 Å². The first-order chi connectivity index (χ1) is 14.0. The highest BCUT2D eigenvalue weighted by Crippen LogP contribution is 2.25. The van der Waals surface area contributed by atoms with Gasteiger partial charge in [-0.2, -0.15) is 0 Å². The first-order valence-corrected chi connectivity index (χ1v) is 8.81. The van der Waals surface area contributed by atoms with Gasteiger partial charge < -0.3 is 14.8 Å². The van der Waals surface area contributed by atoms with Crippen molar-refractivity contribution in [3.63, 3.8) is 0 Å². The molecule has 0 aliphatic rings. The van der Waals surface area contributed by atoms with Crippen LogP contribution in [0.4, 0.5) is 5.69 Å². The van der Waals surface area contributed by atoms with Gasteiger partial charge in [-0.1, -0.05) is 48.5 Å². The van der Waals surface area contributed by atoms with E-state index in [-0.39, 0.29) is 22.7 Å². The molecular weight excluding hydrogens is 370 g/mol. The van der Waals surface area contributed by atoms with Gasteiger partial charge in [-0.3, -0.25) is 4.79 Å². The summed E-state index contributed by atoms with van der Waals surface area (Å²) in [5.74, 6) is -1.63. The average Bonchev–Trinajstić information content (AvgIpc) is 2.78. The number of carbonyl (C=O) groups is 3. The van der Waals surface area contributed by atoms with Crippen LogP contribution >= 0.6 is 0 Å². The van der Waals surface area contributed by atoms with Gasteiger partial charge in [0.15, 0.2) is 0 Å². The number of hydrogen-bond donors (Lipinski definition) is 1. The fourth-order valence-corrected chi connectivity index (χ4v) is 2.92. The predicted molar refractivity (Wildman–Crippen MR) is 109 cm³/mol. The van der Waals surface area contributed by atoms with Crippen molar-refractivity contribution in [3.05, 3.63) is 89.5 Å². The van der Waals surface area contributed by atoms with Crippen molar-refractivity contribution < 1.29 is 23.9 Å². The normalized spacial score (nSPS) is 10.1. The Kier molecular flexibility index (Phi) is 6.04. The first-order valence-electron chi connectivity index (χ1n) is 8.81. The largest absolute Gasteiger partial charge is 0.465 e. The molecule has 3 aromatic carbocycles. The maximum Gasteiger partial charge on any atom is 0.337 e. The van der Waals surface area contributed by atoms with E-state index in [0.29, 0.717) is 5.56 Å². The molecule has 0 heterocycles. The van der Waals surface area contributed by atoms with Crippen LogP contribution < -0.4 is 5.32 Å². The summed E-state index contributed by atoms with van der Waals surface area (Å²) in [6, 6.07) is 21.0. The number of esters is 2. The lowest BCUT2D eigenvalue weighted by Crippen LogP contribution is -2.15. The van der Waals surface area contributed by atoms with Gasteiger partial charge in [-0.25, -0.2) is 9.59 Å². The van der Waals surface area contributed by atoms with E-state index in [1.807, 2.05) is 42.5 Å². The van der Waals surface area contributed by atoms with E-state index in [4.69, 9.17) is 9.47 Å². The monoisotopic (exact) mass is 389 g/mol. The van der Waals surface area contributed by atoms with Crippen LogP contribution in [0.2, 0.25) is 0 Å². The van der Waals surface area contributed by atoms with Gasteiger partial charge in [-0.05, 0) is 35.4 Å². The number of anilines is 1. The zero-order chi connectivity index (χ0) is 20.8. The molecule has 0 fully saturated rings. The van der Waals surface area contributed by atoms with Gasteiger partial charge in [-0.15, -0.1) is 0 Å². The number of hydrogen-bond acceptors (Lipinski definition) is 5. The molecule has 0 aromatic heterocycles. The minimum Gasteiger partial charge on any atom is -0.465 e. The molecule has 0 spiro atoms. The zero-order valence-electron chi connectivity index (χ0n) is 16.0. The summed E-state index contributed by atoms with van der Waals surface area (Å²) < 4.78 is 9.44. The third-order valence-electron chi connectivity index (χ3n) is 4.29. The summed E-state index contributed by atoms with van der Waals surface area (Å²) in [7, 11) is 2.48. The lowest BCUT2D eigenvalue weighted by molar-refractivity contribution is 0.0599. The minimum atomic E-state index is -0.629. The lowest BCUT2D eigenvalue weighted by atomic mass is 9.99. The number of amides is 1. The Morgan fingerprint density at radius 3 is 1.86 bits per heavy atom. The molecule has 0 aliphatic carbocycles. The fraction of sp³-hybridized carbons (Fsp3) is 0.0870. The van der Waals surface area contributed by atoms with Crippen LogP contribution in [-0.4, -0.2) is 32.1 Å². The smallest absolute Gasteiger partial charge is 0.337 e. The molecule has 6 heteroatoms. The molecule has 29 heavy (non-hydrogen) atoms. The molecule has 0 saturated carbocycles. The van der Waals surface area contributed by atoms with E-state index in [1.54, 1.807) is 12.1 Å². The maximum absolute atomic E-state index is 13.0. The number of ether oxygens (including phenoxy) is 2. The summed E-state index contributed by atoms with van der Waals surface area (Å²) in [6.45, 7) is 0. The molecule has 0 atom stereocenters. The standard InChI is InChI=1S/C23H19NO5/c1-28-22(26)16-12-17(23(27)29-2)14-18(13-16)24-21(25)20-11-7-6-10-19(20)15-8-4-3-5-9-15/h3-14H,1-2H3,(H,24,25). The Hall–Kier alpha value is -3.93. The topological polar surface area (TPSA) is 81.7 Å². The second-order valence-corrected chi connectivity index (χ2v) is 6.15. The Morgan fingerprint density at radius 1 is 0.724 bits per heavy atom. The van der Waals surface area contributed by atoms with Gasteiger partial charge >= 0.3 is 11.9 Å². The maximum atomic E-state index is 13.0. The Bertz CT molecular complexity index is 1030. The lowest BCUT2D eigenvalue weighted by Gasteiger charge is -2.12. The molecule has 0 radical (unpaired) electrons. The number of benzene rings is 3. The van der Waals surface area contributed by atoms with Crippen LogP contribution in [0, 0.1) is 0 Å². The van der Waals surface area contributed by atoms with Gasteiger partial charge in [0.25, 0.3) is 5.91 Å². The molecule has 1 amide bonds. The van der Waals surface area contributed by atoms with Crippen LogP contribution in [0.1, 0.15) is 31.1 Å². The third-order valence-corrected chi connectivity index (χ3v) is 4.29. The van der Waals surface area contributed by atoms with E-state index in [9.17, 15) is 14.4 Å². The van der Waals surface area contributed by atoms with Gasteiger partial charge in [0, 0.05) is 11.3 Å². The summed E-state index contributed by atoms with van der Waals surface area (Å²) in [6.07, 6.45) is 0. The second-order valence-electron chi connectivity index (χ2n) is 6.15. The molecule has 0 saturated heterocycles. The summed E-state index contributed by atoms with van der Waals surface area (Å²) >= 11 is 0. The summed E-state index contributed by atoms with van der Waals surface area (Å²) in [4.78, 5) is 36.8. The third kappa shape index (κ3) is 4.50. The molecule has 146 valence electrons. The Balaban J connectivity index is 1.98.